The minimum atomic E-state index is -1.13. The molecule has 3 atom stereocenters. The van der Waals surface area contributed by atoms with Crippen molar-refractivity contribution < 1.29 is 86.4 Å². The summed E-state index contributed by atoms with van der Waals surface area (Å²) in [5.41, 5.74) is 0. The Morgan fingerprint density at radius 1 is 0.402 bits per heavy atom. The van der Waals surface area contributed by atoms with Crippen molar-refractivity contribution in [1.29, 1.82) is 0 Å². The summed E-state index contributed by atoms with van der Waals surface area (Å²) in [6, 6.07) is 0. The quantitative estimate of drug-likeness (QED) is 0.0546. The molecule has 92 heavy (non-hydrogen) atoms. The monoisotopic (exact) mass is 1330 g/mol. The minimum absolute atomic E-state index is 0. The van der Waals surface area contributed by atoms with E-state index in [0.29, 0.717) is 43.8 Å². The zero-order chi connectivity index (χ0) is 61.8. The Morgan fingerprint density at radius 2 is 0.750 bits per heavy atom. The Hall–Kier alpha value is -2.05. The molecule has 3 unspecified atom stereocenters. The Balaban J connectivity index is -0.00000137. The van der Waals surface area contributed by atoms with Crippen LogP contribution < -0.4 is 0 Å². The molecule has 10 saturated carbocycles. The standard InChI is InChI=1S/C36H62O4.C22H38F2O.C18H30O4.5H2O.5H2/c1-26-8-14-29(15-9-26)31-18-12-28(13-19-31)24-39-40-35(33-6-4-3-5-7-33)25-38-36(37)34-22-20-32(21-23-34)30-16-10-27(2)11-17-30;1-14(2)25-22-20(23)12-19(13-21(22)24)18-10-8-17(9-11-18)16-6-4-15(3)5-7-16;1-12(2)21-17(19)15-8-10-16(11-9-15)22-18(20)14-6-4-13(3)5-7-14;;;;;;;;;;/h26-35H,3-25H2,1-2H3;14-22H,4-13H2,1-3H3;12-16H,4-11H2,1-3H3;5*1H2;5*1H. The Labute approximate surface area is 564 Å². The Bertz CT molecular complexity index is 1950. The average molecular weight is 1330 g/mol. The van der Waals surface area contributed by atoms with Gasteiger partial charge in [-0.3, -0.25) is 14.4 Å². The molecule has 10 aliphatic rings. The molecule has 0 spiro atoms. The van der Waals surface area contributed by atoms with Gasteiger partial charge in [0.2, 0.25) is 0 Å². The summed E-state index contributed by atoms with van der Waals surface area (Å²) in [4.78, 5) is 49.3. The summed E-state index contributed by atoms with van der Waals surface area (Å²) >= 11 is 0. The van der Waals surface area contributed by atoms with E-state index < -0.39 is 18.4 Å². The molecular weight excluding hydrogens is 1170 g/mol. The maximum atomic E-state index is 14.5. The second-order valence-corrected chi connectivity index (χ2v) is 32.3. The first-order valence-electron chi connectivity index (χ1n) is 37.7. The lowest BCUT2D eigenvalue weighted by molar-refractivity contribution is -0.346. The van der Waals surface area contributed by atoms with Gasteiger partial charge in [0.05, 0.1) is 36.6 Å². The fourth-order valence-electron chi connectivity index (χ4n) is 18.8. The number of carbonyl (C=O) groups excluding carboxylic acids is 3. The number of ether oxygens (including phenoxy) is 4. The number of hydrogen-bond donors (Lipinski definition) is 0. The zero-order valence-electron chi connectivity index (χ0n) is 59.3. The Morgan fingerprint density at radius 3 is 1.17 bits per heavy atom. The first kappa shape index (κ1) is 84.2. The Kier molecular flexibility index (Phi) is 39.7. The maximum absolute atomic E-state index is 14.5. The molecule has 10 N–H and O–H groups in total. The molecule has 0 saturated heterocycles. The van der Waals surface area contributed by atoms with Gasteiger partial charge < -0.3 is 46.3 Å². The molecule has 10 fully saturated rings. The second kappa shape index (κ2) is 43.4. The van der Waals surface area contributed by atoms with Gasteiger partial charge in [-0.2, -0.15) is 0 Å². The van der Waals surface area contributed by atoms with E-state index in [4.69, 9.17) is 28.7 Å². The SMILES string of the molecule is CC1CCC(C(=O)OC2CCC(C(=O)OC(C)C)CC2)CC1.CC1CCC(C2CCC(C3CC(F)C(OC(C)C)C(F)C3)CC2)CC1.CC1CCC(C2CCC(COOC(COC(=O)C3CCC(C4CCC(C)CC4)CC3)C3CCCCC3)CC2)CC1.O.O.O.O.O.[HH].[HH].[HH].[HH].[HH]. The lowest BCUT2D eigenvalue weighted by Crippen LogP contribution is -2.45. The van der Waals surface area contributed by atoms with Crippen LogP contribution in [0.4, 0.5) is 8.78 Å². The van der Waals surface area contributed by atoms with E-state index in [1.165, 1.54) is 173 Å². The third-order valence-electron chi connectivity index (χ3n) is 24.9. The largest absolute Gasteiger partial charge is 0.463 e. The molecule has 0 bridgehead atoms. The van der Waals surface area contributed by atoms with E-state index >= 15 is 0 Å². The highest BCUT2D eigenvalue weighted by molar-refractivity contribution is 5.74. The van der Waals surface area contributed by atoms with Crippen molar-refractivity contribution in [2.24, 2.45) is 101 Å². The number of esters is 3. The van der Waals surface area contributed by atoms with Gasteiger partial charge in [-0.05, 0) is 303 Å². The summed E-state index contributed by atoms with van der Waals surface area (Å²) in [5, 5.41) is 0. The molecule has 0 radical (unpaired) electrons. The van der Waals surface area contributed by atoms with Crippen LogP contribution in [-0.4, -0.2) is 101 Å². The van der Waals surface area contributed by atoms with Gasteiger partial charge in [0.15, 0.2) is 0 Å². The van der Waals surface area contributed by atoms with Crippen LogP contribution >= 0.6 is 0 Å². The van der Waals surface area contributed by atoms with Gasteiger partial charge in [-0.25, -0.2) is 18.6 Å². The van der Waals surface area contributed by atoms with Crippen LogP contribution in [-0.2, 0) is 43.1 Å². The van der Waals surface area contributed by atoms with E-state index in [9.17, 15) is 23.2 Å². The van der Waals surface area contributed by atoms with Gasteiger partial charge in [0.1, 0.15) is 37.3 Å². The normalized spacial score (nSPS) is 37.3. The van der Waals surface area contributed by atoms with Crippen LogP contribution in [0.1, 0.15) is 313 Å². The summed E-state index contributed by atoms with van der Waals surface area (Å²) in [7, 11) is 0. The predicted molar refractivity (Wildman–Crippen MR) is 373 cm³/mol. The third-order valence-corrected chi connectivity index (χ3v) is 24.9. The number of halogens is 2. The van der Waals surface area contributed by atoms with Crippen LogP contribution in [0.25, 0.3) is 0 Å². The summed E-state index contributed by atoms with van der Waals surface area (Å²) < 4.78 is 51.4. The van der Waals surface area contributed by atoms with Gasteiger partial charge in [-0.1, -0.05) is 85.5 Å². The molecule has 14 nitrogen and oxygen atoms in total. The number of hydrogen-bond acceptors (Lipinski definition) is 9. The number of alkyl halides is 2. The lowest BCUT2D eigenvalue weighted by atomic mass is 9.65. The molecule has 0 aromatic carbocycles. The van der Waals surface area contributed by atoms with Crippen molar-refractivity contribution >= 4 is 17.9 Å². The molecule has 0 heterocycles. The average Bonchev–Trinajstić information content (AvgIpc) is 0.837. The van der Waals surface area contributed by atoms with E-state index in [1.54, 1.807) is 0 Å². The predicted octanol–water partition coefficient (Wildman–Crippen LogP) is 17.2. The minimum Gasteiger partial charge on any atom is -0.463 e. The topological polar surface area (TPSA) is 264 Å². The molecule has 0 amide bonds. The van der Waals surface area contributed by atoms with Crippen molar-refractivity contribution in [3.63, 3.8) is 0 Å². The fraction of sp³-hybridized carbons (Fsp3) is 0.961. The molecule has 16 heteroatoms. The van der Waals surface area contributed by atoms with E-state index in [1.807, 2.05) is 27.7 Å². The van der Waals surface area contributed by atoms with Crippen LogP contribution in [0, 0.1) is 101 Å². The molecule has 0 aliphatic heterocycles. The van der Waals surface area contributed by atoms with Crippen molar-refractivity contribution in [3.05, 3.63) is 0 Å². The highest BCUT2D eigenvalue weighted by Crippen LogP contribution is 2.48. The van der Waals surface area contributed by atoms with Crippen LogP contribution in [0.15, 0.2) is 0 Å². The van der Waals surface area contributed by atoms with Gasteiger partial charge in [0.25, 0.3) is 0 Å². The molecule has 552 valence electrons. The fourth-order valence-corrected chi connectivity index (χ4v) is 18.8. The summed E-state index contributed by atoms with van der Waals surface area (Å²) in [6.07, 6.45) is 42.9. The highest BCUT2D eigenvalue weighted by Gasteiger charge is 2.44. The van der Waals surface area contributed by atoms with Crippen LogP contribution in [0.3, 0.4) is 0 Å². The molecule has 10 aliphatic carbocycles. The summed E-state index contributed by atoms with van der Waals surface area (Å²) in [6.45, 7) is 18.0. The first-order chi connectivity index (χ1) is 41.9. The zero-order valence-corrected chi connectivity index (χ0v) is 59.3. The van der Waals surface area contributed by atoms with Crippen molar-refractivity contribution in [1.82, 2.24) is 0 Å². The van der Waals surface area contributed by atoms with Crippen LogP contribution in [0.2, 0.25) is 0 Å². The molecule has 0 aromatic heterocycles. The van der Waals surface area contributed by atoms with Gasteiger partial charge in [0, 0.05) is 7.13 Å². The maximum Gasteiger partial charge on any atom is 0.309 e. The third kappa shape index (κ3) is 27.0. The summed E-state index contributed by atoms with van der Waals surface area (Å²) in [5.74, 6) is 10.9. The first-order valence-corrected chi connectivity index (χ1v) is 37.7. The van der Waals surface area contributed by atoms with Gasteiger partial charge >= 0.3 is 17.9 Å². The smallest absolute Gasteiger partial charge is 0.309 e. The van der Waals surface area contributed by atoms with Crippen molar-refractivity contribution in [2.45, 2.75) is 349 Å². The van der Waals surface area contributed by atoms with E-state index in [-0.39, 0.29) is 101 Å². The van der Waals surface area contributed by atoms with E-state index in [0.717, 1.165) is 123 Å². The molecule has 0 aromatic rings. The van der Waals surface area contributed by atoms with Gasteiger partial charge in [-0.15, -0.1) is 0 Å². The number of rotatable bonds is 18. The van der Waals surface area contributed by atoms with Crippen molar-refractivity contribution in [2.75, 3.05) is 13.2 Å². The van der Waals surface area contributed by atoms with Crippen molar-refractivity contribution in [3.8, 4) is 0 Å². The highest BCUT2D eigenvalue weighted by atomic mass is 19.1. The van der Waals surface area contributed by atoms with E-state index in [2.05, 4.69) is 27.7 Å². The number of carbonyl (C=O) groups is 3. The molecular formula is C76H150F2O14. The lowest BCUT2D eigenvalue weighted by Gasteiger charge is -2.43. The second-order valence-electron chi connectivity index (χ2n) is 32.3. The molecule has 10 rings (SSSR count). The van der Waals surface area contributed by atoms with Crippen LogP contribution in [0.5, 0.6) is 0 Å².